The van der Waals surface area contributed by atoms with Crippen LogP contribution in [0.2, 0.25) is 0 Å². The number of alkyl halides is 3. The van der Waals surface area contributed by atoms with Crippen molar-refractivity contribution in [1.82, 2.24) is 4.90 Å². The molecule has 1 atom stereocenters. The summed E-state index contributed by atoms with van der Waals surface area (Å²) >= 11 is 0. The lowest BCUT2D eigenvalue weighted by molar-refractivity contribution is -0.137. The van der Waals surface area contributed by atoms with E-state index in [1.165, 1.54) is 12.1 Å². The lowest BCUT2D eigenvalue weighted by Crippen LogP contribution is -2.38. The highest BCUT2D eigenvalue weighted by Crippen LogP contribution is 2.30. The van der Waals surface area contributed by atoms with E-state index in [1.54, 1.807) is 12.1 Å². The van der Waals surface area contributed by atoms with E-state index >= 15 is 0 Å². The molecule has 0 amide bonds. The minimum atomic E-state index is -4.40. The van der Waals surface area contributed by atoms with Crippen molar-refractivity contribution >= 4 is 5.78 Å². The molecule has 0 bridgehead atoms. The van der Waals surface area contributed by atoms with E-state index in [1.807, 2.05) is 0 Å². The summed E-state index contributed by atoms with van der Waals surface area (Å²) in [7, 11) is 0. The molecule has 0 radical (unpaired) electrons. The van der Waals surface area contributed by atoms with Crippen molar-refractivity contribution in [2.75, 3.05) is 13.1 Å². The van der Waals surface area contributed by atoms with Gasteiger partial charge in [0.15, 0.2) is 5.78 Å². The molecule has 1 saturated heterocycles. The first-order valence-electron chi connectivity index (χ1n) is 8.49. The minimum Gasteiger partial charge on any atom is -0.462 e. The molecule has 7 heteroatoms. The van der Waals surface area contributed by atoms with E-state index in [-0.39, 0.29) is 18.3 Å². The van der Waals surface area contributed by atoms with E-state index in [2.05, 4.69) is 4.90 Å². The average molecular weight is 367 g/mol. The summed E-state index contributed by atoms with van der Waals surface area (Å²) in [5, 5.41) is 9.05. The van der Waals surface area contributed by atoms with Gasteiger partial charge in [0.25, 0.3) is 0 Å². The minimum absolute atomic E-state index is 0.126. The number of carbonyl (C=O) groups is 1. The van der Waals surface area contributed by atoms with Crippen LogP contribution in [0, 0.1) is 5.92 Å². The van der Waals surface area contributed by atoms with Crippen molar-refractivity contribution in [2.24, 2.45) is 5.92 Å². The van der Waals surface area contributed by atoms with E-state index in [4.69, 9.17) is 9.52 Å². The van der Waals surface area contributed by atoms with Gasteiger partial charge in [-0.2, -0.15) is 13.2 Å². The number of benzene rings is 1. The van der Waals surface area contributed by atoms with Crippen LogP contribution in [-0.2, 0) is 19.3 Å². The van der Waals surface area contributed by atoms with Gasteiger partial charge in [-0.25, -0.2) is 0 Å². The van der Waals surface area contributed by atoms with Crippen LogP contribution in [0.1, 0.15) is 40.3 Å². The van der Waals surface area contributed by atoms with Crippen molar-refractivity contribution in [3.8, 4) is 0 Å². The number of aliphatic hydroxyl groups excluding tert-OH is 1. The predicted molar refractivity (Wildman–Crippen MR) is 88.4 cm³/mol. The number of hydrogen-bond donors (Lipinski definition) is 1. The first kappa shape index (κ1) is 18.7. The second-order valence-electron chi connectivity index (χ2n) is 6.54. The largest absolute Gasteiger partial charge is 0.462 e. The molecular formula is C19H20F3NO3. The fourth-order valence-electron chi connectivity index (χ4n) is 3.28. The van der Waals surface area contributed by atoms with Crippen LogP contribution in [-0.4, -0.2) is 28.9 Å². The molecule has 1 aliphatic rings. The summed E-state index contributed by atoms with van der Waals surface area (Å²) in [5.74, 6) is 0.845. The smallest absolute Gasteiger partial charge is 0.416 e. The van der Waals surface area contributed by atoms with Crippen molar-refractivity contribution in [2.45, 2.75) is 32.2 Å². The Bertz CT molecular complexity index is 752. The molecule has 0 unspecified atom stereocenters. The summed E-state index contributed by atoms with van der Waals surface area (Å²) in [6, 6.07) is 7.92. The fraction of sp³-hybridized carbons (Fsp3) is 0.421. The number of piperidine rings is 1. The van der Waals surface area contributed by atoms with Gasteiger partial charge in [0.2, 0.25) is 0 Å². The second kappa shape index (κ2) is 7.63. The topological polar surface area (TPSA) is 53.7 Å². The molecule has 4 nitrogen and oxygen atoms in total. The second-order valence-corrected chi connectivity index (χ2v) is 6.54. The van der Waals surface area contributed by atoms with Crippen molar-refractivity contribution in [1.29, 1.82) is 0 Å². The molecule has 140 valence electrons. The maximum Gasteiger partial charge on any atom is 0.416 e. The number of furan rings is 1. The molecule has 2 aromatic rings. The zero-order valence-corrected chi connectivity index (χ0v) is 14.1. The highest BCUT2D eigenvalue weighted by Gasteiger charge is 2.31. The molecule has 1 fully saturated rings. The Morgan fingerprint density at radius 2 is 1.85 bits per heavy atom. The predicted octanol–water partition coefficient (Wildman–Crippen LogP) is 3.89. The molecule has 1 N–H and O–H groups in total. The van der Waals surface area contributed by atoms with Crippen LogP contribution in [0.15, 0.2) is 40.8 Å². The third-order valence-electron chi connectivity index (χ3n) is 4.63. The highest BCUT2D eigenvalue weighted by atomic mass is 19.4. The third kappa shape index (κ3) is 4.34. The molecular weight excluding hydrogens is 347 g/mol. The lowest BCUT2D eigenvalue weighted by atomic mass is 9.89. The lowest BCUT2D eigenvalue weighted by Gasteiger charge is -2.31. The van der Waals surface area contributed by atoms with Crippen LogP contribution in [0.5, 0.6) is 0 Å². The Hall–Kier alpha value is -2.12. The number of hydrogen-bond acceptors (Lipinski definition) is 4. The SMILES string of the molecule is O=C(c1ccc(C(F)(F)F)cc1)[C@H]1CCCN(Cc2ccc(CO)o2)C1. The number of nitrogens with zero attached hydrogens (tertiary/aromatic N) is 1. The molecule has 1 aromatic carbocycles. The molecule has 2 heterocycles. The number of Topliss-reactive ketones (excluding diaryl/α,β-unsaturated/α-hetero) is 1. The molecule has 0 saturated carbocycles. The van der Waals surface area contributed by atoms with Crippen LogP contribution >= 0.6 is 0 Å². The van der Waals surface area contributed by atoms with Gasteiger partial charge in [-0.05, 0) is 43.7 Å². The molecule has 26 heavy (non-hydrogen) atoms. The molecule has 1 aromatic heterocycles. The van der Waals surface area contributed by atoms with E-state index in [9.17, 15) is 18.0 Å². The van der Waals surface area contributed by atoms with Gasteiger partial charge in [-0.1, -0.05) is 12.1 Å². The van der Waals surface area contributed by atoms with E-state index in [0.717, 1.165) is 37.3 Å². The summed E-state index contributed by atoms with van der Waals surface area (Å²) in [4.78, 5) is 14.7. The maximum absolute atomic E-state index is 12.6. The summed E-state index contributed by atoms with van der Waals surface area (Å²) < 4.78 is 43.4. The average Bonchev–Trinajstić information content (AvgIpc) is 3.08. The molecule has 0 aliphatic carbocycles. The van der Waals surface area contributed by atoms with Crippen LogP contribution in [0.25, 0.3) is 0 Å². The number of likely N-dealkylation sites (tertiary alicyclic amines) is 1. The summed E-state index contributed by atoms with van der Waals surface area (Å²) in [5.41, 5.74) is -0.442. The standard InChI is InChI=1S/C19H20F3NO3/c20-19(21,22)15-5-3-13(4-6-15)18(25)14-2-1-9-23(10-14)11-16-7-8-17(12-24)26-16/h3-8,14,24H,1-2,9-12H2/t14-/m0/s1. The fourth-order valence-corrected chi connectivity index (χ4v) is 3.28. The van der Waals surface area contributed by atoms with Crippen molar-refractivity contribution < 1.29 is 27.5 Å². The zero-order valence-electron chi connectivity index (χ0n) is 14.1. The van der Waals surface area contributed by atoms with Crippen LogP contribution < -0.4 is 0 Å². The van der Waals surface area contributed by atoms with Crippen LogP contribution in [0.4, 0.5) is 13.2 Å². The van der Waals surface area contributed by atoms with E-state index in [0.29, 0.717) is 24.4 Å². The molecule has 3 rings (SSSR count). The normalized spacial score (nSPS) is 18.8. The van der Waals surface area contributed by atoms with Gasteiger partial charge in [0.1, 0.15) is 18.1 Å². The van der Waals surface area contributed by atoms with E-state index < -0.39 is 11.7 Å². The summed E-state index contributed by atoms with van der Waals surface area (Å²) in [6.07, 6.45) is -2.85. The van der Waals surface area contributed by atoms with Gasteiger partial charge < -0.3 is 9.52 Å². The Labute approximate surface area is 149 Å². The maximum atomic E-state index is 12.6. The van der Waals surface area contributed by atoms with Gasteiger partial charge >= 0.3 is 6.18 Å². The Morgan fingerprint density at radius 3 is 2.46 bits per heavy atom. The van der Waals surface area contributed by atoms with Crippen molar-refractivity contribution in [3.63, 3.8) is 0 Å². The summed E-state index contributed by atoms with van der Waals surface area (Å²) in [6.45, 7) is 1.74. The van der Waals surface area contributed by atoms with Crippen LogP contribution in [0.3, 0.4) is 0 Å². The first-order valence-corrected chi connectivity index (χ1v) is 8.49. The number of rotatable bonds is 5. The zero-order chi connectivity index (χ0) is 18.7. The van der Waals surface area contributed by atoms with Gasteiger partial charge in [0, 0.05) is 18.0 Å². The number of ketones is 1. The van der Waals surface area contributed by atoms with Gasteiger partial charge in [-0.3, -0.25) is 9.69 Å². The Morgan fingerprint density at radius 1 is 1.15 bits per heavy atom. The number of carbonyl (C=O) groups excluding carboxylic acids is 1. The van der Waals surface area contributed by atoms with Crippen molar-refractivity contribution in [3.05, 3.63) is 59.0 Å². The monoisotopic (exact) mass is 367 g/mol. The molecule has 1 aliphatic heterocycles. The Kier molecular flexibility index (Phi) is 5.48. The van der Waals surface area contributed by atoms with Gasteiger partial charge in [-0.15, -0.1) is 0 Å². The Balaban J connectivity index is 1.64. The van der Waals surface area contributed by atoms with Gasteiger partial charge in [0.05, 0.1) is 12.1 Å². The number of aliphatic hydroxyl groups is 1. The third-order valence-corrected chi connectivity index (χ3v) is 4.63. The quantitative estimate of drug-likeness (QED) is 0.815. The number of halogens is 3. The highest BCUT2D eigenvalue weighted by molar-refractivity contribution is 5.98. The molecule has 0 spiro atoms. The first-order chi connectivity index (χ1) is 12.4.